The van der Waals surface area contributed by atoms with Crippen LogP contribution in [0.1, 0.15) is 44.9 Å². The van der Waals surface area contributed by atoms with Crippen LogP contribution in [0.25, 0.3) is 0 Å². The number of amides is 1. The minimum Gasteiger partial charge on any atom is -0.444 e. The lowest BCUT2D eigenvalue weighted by molar-refractivity contribution is 0.0205. The summed E-state index contributed by atoms with van der Waals surface area (Å²) in [6.07, 6.45) is -0.978. The number of aliphatic hydroxyl groups excluding tert-OH is 1. The van der Waals surface area contributed by atoms with Crippen LogP contribution in [-0.2, 0) is 21.3 Å². The van der Waals surface area contributed by atoms with Gasteiger partial charge in [0.2, 0.25) is 0 Å². The lowest BCUT2D eigenvalue weighted by Crippen LogP contribution is -2.36. The molecule has 0 aromatic heterocycles. The van der Waals surface area contributed by atoms with Gasteiger partial charge in [-0.25, -0.2) is 4.79 Å². The van der Waals surface area contributed by atoms with Gasteiger partial charge in [0.1, 0.15) is 16.2 Å². The van der Waals surface area contributed by atoms with E-state index in [0.29, 0.717) is 17.5 Å². The van der Waals surface area contributed by atoms with Gasteiger partial charge in [-0.1, -0.05) is 35.0 Å². The molecule has 1 amide bonds. The highest BCUT2D eigenvalue weighted by molar-refractivity contribution is 9.10. The molecule has 1 N–H and O–H groups in total. The van der Waals surface area contributed by atoms with Crippen LogP contribution in [0.15, 0.2) is 51.8 Å². The summed E-state index contributed by atoms with van der Waals surface area (Å²) in [5.41, 5.74) is 0.525. The number of rotatable bonds is 7. The van der Waals surface area contributed by atoms with E-state index >= 15 is 0 Å². The van der Waals surface area contributed by atoms with E-state index in [1.165, 1.54) is 30.1 Å². The van der Waals surface area contributed by atoms with Gasteiger partial charge in [-0.15, -0.1) is 0 Å². The van der Waals surface area contributed by atoms with Gasteiger partial charge in [0.05, 0.1) is 12.6 Å². The van der Waals surface area contributed by atoms with Crippen molar-refractivity contribution in [1.29, 1.82) is 0 Å². The molecule has 0 spiro atoms. The van der Waals surface area contributed by atoms with Crippen LogP contribution in [0.2, 0.25) is 0 Å². The molecule has 9 heteroatoms. The largest absolute Gasteiger partial charge is 0.444 e. The highest BCUT2D eigenvalue weighted by Gasteiger charge is 2.23. The molecule has 170 valence electrons. The number of halogens is 1. The second-order valence-corrected chi connectivity index (χ2v) is 10.5. The second-order valence-electron chi connectivity index (χ2n) is 8.09. The number of carbonyl (C=O) groups is 1. The Balaban J connectivity index is 2.09. The van der Waals surface area contributed by atoms with E-state index in [-0.39, 0.29) is 17.2 Å². The average molecular weight is 514 g/mol. The zero-order chi connectivity index (χ0) is 23.4. The fraction of sp³-hybridized carbons (Fsp3) is 0.409. The van der Waals surface area contributed by atoms with E-state index in [2.05, 4.69) is 15.9 Å². The predicted octanol–water partition coefficient (Wildman–Crippen LogP) is 4.68. The van der Waals surface area contributed by atoms with Crippen molar-refractivity contribution >= 4 is 32.1 Å². The number of likely N-dealkylation sites (N-methyl/N-ethyl adjacent to an activating group) is 1. The normalized spacial score (nSPS) is 12.9. The van der Waals surface area contributed by atoms with E-state index in [9.17, 15) is 18.3 Å². The maximum Gasteiger partial charge on any atom is 0.410 e. The van der Waals surface area contributed by atoms with Crippen LogP contribution in [0.5, 0.6) is 5.75 Å². The fourth-order valence-electron chi connectivity index (χ4n) is 2.76. The van der Waals surface area contributed by atoms with Crippen molar-refractivity contribution in [3.63, 3.8) is 0 Å². The number of nitrogens with zero attached hydrogens (tertiary/aromatic N) is 1. The number of benzene rings is 2. The average Bonchev–Trinajstić information content (AvgIpc) is 2.66. The maximum absolute atomic E-state index is 12.7. The van der Waals surface area contributed by atoms with Crippen molar-refractivity contribution in [1.82, 2.24) is 4.90 Å². The van der Waals surface area contributed by atoms with Crippen molar-refractivity contribution in [2.45, 2.75) is 50.7 Å². The van der Waals surface area contributed by atoms with Crippen molar-refractivity contribution < 1.29 is 27.2 Å². The summed E-state index contributed by atoms with van der Waals surface area (Å²) in [5.74, 6) is 0.126. The predicted molar refractivity (Wildman–Crippen MR) is 122 cm³/mol. The molecule has 1 atom stereocenters. The molecule has 0 bridgehead atoms. The molecule has 2 aromatic carbocycles. The number of hydrogen-bond donors (Lipinski definition) is 1. The SMILES string of the molecule is CCc1cc(Br)ccc1S(=O)(=O)Oc1ccc(C(O)CN(C)C(=O)OC(C)(C)C)cc1. The Morgan fingerprint density at radius 2 is 1.77 bits per heavy atom. The molecule has 0 aliphatic heterocycles. The van der Waals surface area contributed by atoms with E-state index in [1.807, 2.05) is 6.92 Å². The first-order valence-corrected chi connectivity index (χ1v) is 12.0. The molecule has 2 rings (SSSR count). The number of aliphatic hydroxyl groups is 1. The number of hydrogen-bond acceptors (Lipinski definition) is 6. The lowest BCUT2D eigenvalue weighted by Gasteiger charge is -2.26. The topological polar surface area (TPSA) is 93.1 Å². The molecule has 31 heavy (non-hydrogen) atoms. The monoisotopic (exact) mass is 513 g/mol. The molecule has 1 unspecified atom stereocenters. The molecular weight excluding hydrogens is 486 g/mol. The molecule has 0 fully saturated rings. The molecule has 7 nitrogen and oxygen atoms in total. The van der Waals surface area contributed by atoms with Crippen molar-refractivity contribution in [2.75, 3.05) is 13.6 Å². The standard InChI is InChI=1S/C22H28BrNO6S/c1-6-15-13-17(23)9-12-20(15)31(27,28)30-18-10-7-16(8-11-18)19(25)14-24(5)21(26)29-22(2,3)4/h7-13,19,25H,6,14H2,1-5H3. The molecule has 0 radical (unpaired) electrons. The first-order valence-electron chi connectivity index (χ1n) is 9.77. The Kier molecular flexibility index (Phi) is 8.13. The van der Waals surface area contributed by atoms with E-state index in [4.69, 9.17) is 8.92 Å². The molecule has 0 saturated heterocycles. The summed E-state index contributed by atoms with van der Waals surface area (Å²) in [6.45, 7) is 7.18. The summed E-state index contributed by atoms with van der Waals surface area (Å²) in [4.78, 5) is 13.4. The third kappa shape index (κ3) is 7.22. The second kappa shape index (κ2) is 10.0. The van der Waals surface area contributed by atoms with E-state index in [1.54, 1.807) is 45.0 Å². The van der Waals surface area contributed by atoms with Crippen molar-refractivity contribution in [3.8, 4) is 5.75 Å². The molecule has 0 aliphatic carbocycles. The van der Waals surface area contributed by atoms with Gasteiger partial charge >= 0.3 is 16.2 Å². The molecule has 0 saturated carbocycles. The van der Waals surface area contributed by atoms with Gasteiger partial charge in [-0.3, -0.25) is 0 Å². The minimum atomic E-state index is -4.01. The summed E-state index contributed by atoms with van der Waals surface area (Å²) >= 11 is 3.34. The van der Waals surface area contributed by atoms with Gasteiger partial charge in [0, 0.05) is 11.5 Å². The zero-order valence-corrected chi connectivity index (χ0v) is 20.7. The fourth-order valence-corrected chi connectivity index (χ4v) is 4.39. The van der Waals surface area contributed by atoms with Gasteiger partial charge in [-0.05, 0) is 68.7 Å². The van der Waals surface area contributed by atoms with Gasteiger partial charge in [0.25, 0.3) is 0 Å². The van der Waals surface area contributed by atoms with Crippen molar-refractivity contribution in [3.05, 3.63) is 58.1 Å². The van der Waals surface area contributed by atoms with Crippen LogP contribution in [-0.4, -0.2) is 43.7 Å². The van der Waals surface area contributed by atoms with Gasteiger partial charge in [-0.2, -0.15) is 8.42 Å². The van der Waals surface area contributed by atoms with Gasteiger partial charge < -0.3 is 18.9 Å². The van der Waals surface area contributed by atoms with Crippen LogP contribution in [0, 0.1) is 0 Å². The summed E-state index contributed by atoms with van der Waals surface area (Å²) in [7, 11) is -2.47. The number of carbonyl (C=O) groups excluding carboxylic acids is 1. The third-order valence-corrected chi connectivity index (χ3v) is 6.14. The Labute approximate surface area is 192 Å². The lowest BCUT2D eigenvalue weighted by atomic mass is 10.1. The Morgan fingerprint density at radius 3 is 2.32 bits per heavy atom. The Morgan fingerprint density at radius 1 is 1.16 bits per heavy atom. The first kappa shape index (κ1) is 25.2. The number of aryl methyl sites for hydroxylation is 1. The highest BCUT2D eigenvalue weighted by Crippen LogP contribution is 2.26. The third-order valence-electron chi connectivity index (χ3n) is 4.30. The minimum absolute atomic E-state index is 0.0200. The van der Waals surface area contributed by atoms with Gasteiger partial charge in [0.15, 0.2) is 0 Å². The Bertz CT molecular complexity index is 1020. The van der Waals surface area contributed by atoms with Crippen molar-refractivity contribution in [2.24, 2.45) is 0 Å². The summed E-state index contributed by atoms with van der Waals surface area (Å²) < 4.78 is 36.7. The zero-order valence-electron chi connectivity index (χ0n) is 18.3. The molecule has 0 heterocycles. The van der Waals surface area contributed by atoms with Crippen LogP contribution in [0.4, 0.5) is 4.79 Å². The summed E-state index contributed by atoms with van der Waals surface area (Å²) in [6, 6.07) is 10.9. The van der Waals surface area contributed by atoms with Crippen LogP contribution in [0.3, 0.4) is 0 Å². The van der Waals surface area contributed by atoms with E-state index in [0.717, 1.165) is 4.47 Å². The summed E-state index contributed by atoms with van der Waals surface area (Å²) in [5, 5.41) is 10.4. The smallest absolute Gasteiger partial charge is 0.410 e. The quantitative estimate of drug-likeness (QED) is 0.540. The Hall–Kier alpha value is -2.10. The number of ether oxygens (including phenoxy) is 1. The molecule has 2 aromatic rings. The molecule has 0 aliphatic rings. The maximum atomic E-state index is 12.7. The highest BCUT2D eigenvalue weighted by atomic mass is 79.9. The van der Waals surface area contributed by atoms with E-state index < -0.39 is 27.9 Å². The molecular formula is C22H28BrNO6S. The van der Waals surface area contributed by atoms with Crippen LogP contribution < -0.4 is 4.18 Å². The van der Waals surface area contributed by atoms with Crippen LogP contribution >= 0.6 is 15.9 Å². The first-order chi connectivity index (χ1) is 14.3.